The van der Waals surface area contributed by atoms with Gasteiger partial charge >= 0.3 is 6.03 Å². The molecule has 2 heterocycles. The number of aryl methyl sites for hydroxylation is 1. The summed E-state index contributed by atoms with van der Waals surface area (Å²) in [6.45, 7) is 3.39. The summed E-state index contributed by atoms with van der Waals surface area (Å²) in [4.78, 5) is 40.4. The van der Waals surface area contributed by atoms with E-state index in [-0.39, 0.29) is 11.3 Å². The predicted octanol–water partition coefficient (Wildman–Crippen LogP) is 4.05. The van der Waals surface area contributed by atoms with E-state index in [1.807, 2.05) is 4.90 Å². The zero-order valence-corrected chi connectivity index (χ0v) is 17.0. The lowest BCUT2D eigenvalue weighted by atomic mass is 10.0. The van der Waals surface area contributed by atoms with E-state index in [1.165, 1.54) is 24.3 Å². The van der Waals surface area contributed by atoms with Crippen molar-refractivity contribution < 1.29 is 18.8 Å². The monoisotopic (exact) mass is 427 g/mol. The van der Waals surface area contributed by atoms with Gasteiger partial charge in [-0.25, -0.2) is 14.1 Å². The zero-order valence-electron chi connectivity index (χ0n) is 16.2. The number of halogens is 2. The number of rotatable bonds is 3. The van der Waals surface area contributed by atoms with E-state index in [9.17, 15) is 18.8 Å². The van der Waals surface area contributed by atoms with Crippen molar-refractivity contribution in [2.75, 3.05) is 22.9 Å². The minimum atomic E-state index is -0.864. The van der Waals surface area contributed by atoms with Gasteiger partial charge in [-0.1, -0.05) is 17.7 Å². The van der Waals surface area contributed by atoms with Gasteiger partial charge in [0.25, 0.3) is 11.8 Å². The van der Waals surface area contributed by atoms with E-state index in [0.717, 1.165) is 36.4 Å². The zero-order chi connectivity index (χ0) is 21.4. The summed E-state index contributed by atoms with van der Waals surface area (Å²) in [6.07, 6.45) is 3.35. The number of benzene rings is 2. The summed E-state index contributed by atoms with van der Waals surface area (Å²) in [6, 6.07) is 8.35. The molecular formula is C22H19ClFN3O3. The number of anilines is 2. The first kappa shape index (κ1) is 20.1. The van der Waals surface area contributed by atoms with Crippen LogP contribution in [0.25, 0.3) is 6.08 Å². The summed E-state index contributed by atoms with van der Waals surface area (Å²) in [5, 5.41) is 2.49. The van der Waals surface area contributed by atoms with E-state index in [0.29, 0.717) is 16.3 Å². The maximum absolute atomic E-state index is 14.7. The molecule has 2 fully saturated rings. The summed E-state index contributed by atoms with van der Waals surface area (Å²) >= 11 is 5.96. The van der Waals surface area contributed by atoms with Crippen molar-refractivity contribution in [3.05, 3.63) is 63.9 Å². The van der Waals surface area contributed by atoms with Crippen LogP contribution in [0.5, 0.6) is 0 Å². The molecule has 4 amide bonds. The van der Waals surface area contributed by atoms with E-state index < -0.39 is 23.7 Å². The van der Waals surface area contributed by atoms with Crippen LogP contribution in [-0.2, 0) is 9.59 Å². The second-order valence-corrected chi connectivity index (χ2v) is 7.73. The van der Waals surface area contributed by atoms with Crippen molar-refractivity contribution >= 4 is 46.9 Å². The molecule has 30 heavy (non-hydrogen) atoms. The lowest BCUT2D eigenvalue weighted by Gasteiger charge is -2.26. The third-order valence-electron chi connectivity index (χ3n) is 5.25. The quantitative estimate of drug-likeness (QED) is 0.592. The average molecular weight is 428 g/mol. The fourth-order valence-electron chi connectivity index (χ4n) is 3.70. The number of imide groups is 2. The normalized spacial score (nSPS) is 18.4. The Hall–Kier alpha value is -3.19. The largest absolute Gasteiger partial charge is 0.369 e. The first-order chi connectivity index (χ1) is 14.3. The van der Waals surface area contributed by atoms with Gasteiger partial charge in [-0.05, 0) is 67.3 Å². The number of urea groups is 1. The maximum Gasteiger partial charge on any atom is 0.335 e. The molecular weight excluding hydrogens is 409 g/mol. The van der Waals surface area contributed by atoms with Gasteiger partial charge in [-0.3, -0.25) is 14.9 Å². The van der Waals surface area contributed by atoms with Crippen molar-refractivity contribution in [3.8, 4) is 0 Å². The summed E-state index contributed by atoms with van der Waals surface area (Å²) < 4.78 is 14.7. The second kappa shape index (κ2) is 7.91. The van der Waals surface area contributed by atoms with Gasteiger partial charge in [0.15, 0.2) is 0 Å². The first-order valence-electron chi connectivity index (χ1n) is 9.57. The Bertz CT molecular complexity index is 1090. The minimum absolute atomic E-state index is 0.232. The van der Waals surface area contributed by atoms with Crippen molar-refractivity contribution in [3.63, 3.8) is 0 Å². The van der Waals surface area contributed by atoms with Crippen molar-refractivity contribution in [1.29, 1.82) is 0 Å². The predicted molar refractivity (Wildman–Crippen MR) is 113 cm³/mol. The van der Waals surface area contributed by atoms with Gasteiger partial charge < -0.3 is 4.90 Å². The molecule has 2 saturated heterocycles. The highest BCUT2D eigenvalue weighted by Crippen LogP contribution is 2.29. The number of nitrogens with one attached hydrogen (secondary N) is 1. The van der Waals surface area contributed by atoms with E-state index >= 15 is 0 Å². The standard InChI is InChI=1S/C22H19ClFN3O3/c1-13-9-19(26-7-2-3-8-26)18(24)11-14(13)10-17-20(28)25-22(30)27(21(17)29)16-6-4-5-15(23)12-16/h4-6,9-12H,2-3,7-8H2,1H3,(H,25,28,30)/b17-10+. The van der Waals surface area contributed by atoms with Crippen LogP contribution in [0, 0.1) is 12.7 Å². The van der Waals surface area contributed by atoms with Crippen LogP contribution >= 0.6 is 11.6 Å². The van der Waals surface area contributed by atoms with Crippen LogP contribution in [0.1, 0.15) is 24.0 Å². The van der Waals surface area contributed by atoms with Gasteiger partial charge in [0.1, 0.15) is 11.4 Å². The molecule has 1 N–H and O–H groups in total. The van der Waals surface area contributed by atoms with Crippen LogP contribution in [0.4, 0.5) is 20.6 Å². The molecule has 0 spiro atoms. The van der Waals surface area contributed by atoms with Gasteiger partial charge in [0.05, 0.1) is 11.4 Å². The number of amides is 4. The van der Waals surface area contributed by atoms with Gasteiger partial charge in [-0.2, -0.15) is 0 Å². The van der Waals surface area contributed by atoms with E-state index in [1.54, 1.807) is 25.1 Å². The molecule has 0 radical (unpaired) electrons. The number of hydrogen-bond acceptors (Lipinski definition) is 4. The van der Waals surface area contributed by atoms with Gasteiger partial charge in [-0.15, -0.1) is 0 Å². The molecule has 2 aliphatic rings. The van der Waals surface area contributed by atoms with Crippen LogP contribution in [0.3, 0.4) is 0 Å². The molecule has 0 unspecified atom stereocenters. The molecule has 0 aliphatic carbocycles. The topological polar surface area (TPSA) is 69.7 Å². The molecule has 2 aliphatic heterocycles. The minimum Gasteiger partial charge on any atom is -0.369 e. The number of hydrogen-bond donors (Lipinski definition) is 1. The molecule has 8 heteroatoms. The smallest absolute Gasteiger partial charge is 0.335 e. The Kier molecular flexibility index (Phi) is 5.30. The maximum atomic E-state index is 14.7. The molecule has 4 rings (SSSR count). The average Bonchev–Trinajstić information content (AvgIpc) is 3.22. The molecule has 0 aromatic heterocycles. The lowest BCUT2D eigenvalue weighted by Crippen LogP contribution is -2.54. The Morgan fingerprint density at radius 2 is 1.83 bits per heavy atom. The number of carbonyl (C=O) groups excluding carboxylic acids is 3. The van der Waals surface area contributed by atoms with Crippen LogP contribution in [0.2, 0.25) is 5.02 Å². The molecule has 2 aromatic carbocycles. The third-order valence-corrected chi connectivity index (χ3v) is 5.49. The van der Waals surface area contributed by atoms with Gasteiger partial charge in [0, 0.05) is 18.1 Å². The highest BCUT2D eigenvalue weighted by atomic mass is 35.5. The molecule has 0 bridgehead atoms. The Morgan fingerprint density at radius 3 is 2.53 bits per heavy atom. The highest BCUT2D eigenvalue weighted by Gasteiger charge is 2.37. The highest BCUT2D eigenvalue weighted by molar-refractivity contribution is 6.39. The van der Waals surface area contributed by atoms with Crippen molar-refractivity contribution in [2.24, 2.45) is 0 Å². The van der Waals surface area contributed by atoms with Crippen molar-refractivity contribution in [1.82, 2.24) is 5.32 Å². The third kappa shape index (κ3) is 3.68. The van der Waals surface area contributed by atoms with E-state index in [4.69, 9.17) is 11.6 Å². The number of carbonyl (C=O) groups is 3. The summed E-state index contributed by atoms with van der Waals surface area (Å²) in [5.74, 6) is -2.04. The van der Waals surface area contributed by atoms with E-state index in [2.05, 4.69) is 5.32 Å². The Morgan fingerprint density at radius 1 is 1.10 bits per heavy atom. The van der Waals surface area contributed by atoms with Gasteiger partial charge in [0.2, 0.25) is 0 Å². The molecule has 6 nitrogen and oxygen atoms in total. The summed E-state index contributed by atoms with van der Waals surface area (Å²) in [5.41, 5.74) is 1.61. The number of barbiturate groups is 1. The first-order valence-corrected chi connectivity index (χ1v) is 9.95. The fourth-order valence-corrected chi connectivity index (χ4v) is 3.88. The second-order valence-electron chi connectivity index (χ2n) is 7.29. The van der Waals surface area contributed by atoms with Crippen LogP contribution in [0.15, 0.2) is 42.0 Å². The van der Waals surface area contributed by atoms with Crippen LogP contribution in [-0.4, -0.2) is 30.9 Å². The molecule has 0 saturated carbocycles. The Labute approximate surface area is 177 Å². The molecule has 2 aromatic rings. The summed E-state index contributed by atoms with van der Waals surface area (Å²) in [7, 11) is 0. The molecule has 154 valence electrons. The Balaban J connectivity index is 1.71. The molecule has 0 atom stereocenters. The SMILES string of the molecule is Cc1cc(N2CCCC2)c(F)cc1/C=C1\C(=O)NC(=O)N(c2cccc(Cl)c2)C1=O. The fraction of sp³-hybridized carbons (Fsp3) is 0.227. The van der Waals surface area contributed by atoms with Crippen LogP contribution < -0.4 is 15.1 Å². The van der Waals surface area contributed by atoms with Crippen molar-refractivity contribution in [2.45, 2.75) is 19.8 Å². The number of nitrogens with zero attached hydrogens (tertiary/aromatic N) is 2. The lowest BCUT2D eigenvalue weighted by molar-refractivity contribution is -0.122.